The summed E-state index contributed by atoms with van der Waals surface area (Å²) in [5, 5.41) is 12.4. The van der Waals surface area contributed by atoms with Gasteiger partial charge < -0.3 is 9.88 Å². The zero-order chi connectivity index (χ0) is 11.8. The van der Waals surface area contributed by atoms with E-state index in [2.05, 4.69) is 20.1 Å². The summed E-state index contributed by atoms with van der Waals surface area (Å²) < 4.78 is 2.19. The van der Waals surface area contributed by atoms with Crippen molar-refractivity contribution >= 4 is 11.6 Å². The Morgan fingerprint density at radius 2 is 1.94 bits per heavy atom. The van der Waals surface area contributed by atoms with Crippen molar-refractivity contribution in [2.75, 3.05) is 13.1 Å². The number of rotatable bonds is 2. The fourth-order valence-corrected chi connectivity index (χ4v) is 2.18. The van der Waals surface area contributed by atoms with Gasteiger partial charge in [0.15, 0.2) is 5.82 Å². The summed E-state index contributed by atoms with van der Waals surface area (Å²) >= 11 is 5.89. The van der Waals surface area contributed by atoms with Crippen molar-refractivity contribution in [3.8, 4) is 11.4 Å². The van der Waals surface area contributed by atoms with Crippen LogP contribution in [-0.2, 0) is 0 Å². The molecule has 2 aromatic rings. The van der Waals surface area contributed by atoms with Crippen LogP contribution in [0, 0.1) is 6.92 Å². The molecule has 1 fully saturated rings. The first kappa shape index (κ1) is 10.7. The van der Waals surface area contributed by atoms with Gasteiger partial charge in [-0.15, -0.1) is 10.2 Å². The average molecular weight is 249 g/mol. The van der Waals surface area contributed by atoms with Crippen molar-refractivity contribution in [1.29, 1.82) is 0 Å². The lowest BCUT2D eigenvalue weighted by Crippen LogP contribution is -2.44. The zero-order valence-corrected chi connectivity index (χ0v) is 10.3. The molecule has 0 radical (unpaired) electrons. The maximum atomic E-state index is 5.89. The lowest BCUT2D eigenvalue weighted by atomic mass is 10.1. The van der Waals surface area contributed by atoms with E-state index in [1.807, 2.05) is 31.2 Å². The van der Waals surface area contributed by atoms with E-state index in [0.29, 0.717) is 6.04 Å². The van der Waals surface area contributed by atoms with E-state index >= 15 is 0 Å². The summed E-state index contributed by atoms with van der Waals surface area (Å²) in [5.74, 6) is 1.88. The molecule has 0 saturated carbocycles. The number of nitrogens with zero attached hydrogens (tertiary/aromatic N) is 3. The molecule has 0 spiro atoms. The molecule has 0 bridgehead atoms. The molecule has 0 aliphatic carbocycles. The highest BCUT2D eigenvalue weighted by molar-refractivity contribution is 6.30. The Morgan fingerprint density at radius 1 is 1.24 bits per heavy atom. The Labute approximate surface area is 105 Å². The van der Waals surface area contributed by atoms with Crippen LogP contribution in [0.2, 0.25) is 5.02 Å². The van der Waals surface area contributed by atoms with Gasteiger partial charge in [0.05, 0.1) is 6.04 Å². The second-order valence-electron chi connectivity index (χ2n) is 4.26. The van der Waals surface area contributed by atoms with E-state index in [-0.39, 0.29) is 0 Å². The Hall–Kier alpha value is -1.39. The third kappa shape index (κ3) is 1.83. The zero-order valence-electron chi connectivity index (χ0n) is 9.52. The molecule has 2 heterocycles. The van der Waals surface area contributed by atoms with E-state index in [1.165, 1.54) is 0 Å². The van der Waals surface area contributed by atoms with Crippen LogP contribution in [0.25, 0.3) is 11.4 Å². The predicted octanol–water partition coefficient (Wildman–Crippen LogP) is 2.05. The van der Waals surface area contributed by atoms with Gasteiger partial charge in [0, 0.05) is 23.7 Å². The number of halogens is 1. The fourth-order valence-electron chi connectivity index (χ4n) is 2.06. The molecule has 88 valence electrons. The molecule has 1 aliphatic heterocycles. The number of hydrogen-bond donors (Lipinski definition) is 1. The van der Waals surface area contributed by atoms with Gasteiger partial charge in [0.1, 0.15) is 5.82 Å². The van der Waals surface area contributed by atoms with Crippen LogP contribution in [0.1, 0.15) is 11.9 Å². The Bertz CT molecular complexity index is 528. The number of nitrogens with one attached hydrogen (secondary N) is 1. The number of hydrogen-bond acceptors (Lipinski definition) is 3. The molecule has 1 aromatic heterocycles. The van der Waals surface area contributed by atoms with Crippen LogP contribution in [-0.4, -0.2) is 27.9 Å². The Balaban J connectivity index is 2.05. The van der Waals surface area contributed by atoms with E-state index in [9.17, 15) is 0 Å². The third-order valence-corrected chi connectivity index (χ3v) is 3.35. The molecule has 1 aromatic carbocycles. The van der Waals surface area contributed by atoms with Crippen LogP contribution in [0.4, 0.5) is 0 Å². The van der Waals surface area contributed by atoms with Crippen molar-refractivity contribution in [1.82, 2.24) is 20.1 Å². The fraction of sp³-hybridized carbons (Fsp3) is 0.333. The maximum Gasteiger partial charge on any atom is 0.164 e. The maximum absolute atomic E-state index is 5.89. The Morgan fingerprint density at radius 3 is 2.53 bits per heavy atom. The molecule has 0 amide bonds. The lowest BCUT2D eigenvalue weighted by Gasteiger charge is -2.30. The summed E-state index contributed by atoms with van der Waals surface area (Å²) in [6.07, 6.45) is 0. The molecule has 4 nitrogen and oxygen atoms in total. The van der Waals surface area contributed by atoms with E-state index in [4.69, 9.17) is 11.6 Å². The molecule has 5 heteroatoms. The third-order valence-electron chi connectivity index (χ3n) is 3.09. The van der Waals surface area contributed by atoms with Gasteiger partial charge in [-0.05, 0) is 31.2 Å². The molecule has 3 rings (SSSR count). The minimum atomic E-state index is 0.468. The minimum Gasteiger partial charge on any atom is -0.313 e. The summed E-state index contributed by atoms with van der Waals surface area (Å²) in [5.41, 5.74) is 1.06. The van der Waals surface area contributed by atoms with Crippen molar-refractivity contribution in [2.45, 2.75) is 13.0 Å². The van der Waals surface area contributed by atoms with Gasteiger partial charge in [-0.25, -0.2) is 0 Å². The van der Waals surface area contributed by atoms with Gasteiger partial charge in [0.25, 0.3) is 0 Å². The second kappa shape index (κ2) is 4.13. The number of aryl methyl sites for hydroxylation is 1. The van der Waals surface area contributed by atoms with Crippen molar-refractivity contribution in [3.63, 3.8) is 0 Å². The standard InChI is InChI=1S/C12H13ClN4/c1-8-15-16-12(17(8)11-6-14-7-11)9-2-4-10(13)5-3-9/h2-5,11,14H,6-7H2,1H3. The van der Waals surface area contributed by atoms with E-state index < -0.39 is 0 Å². The molecular weight excluding hydrogens is 236 g/mol. The Kier molecular flexibility index (Phi) is 2.61. The highest BCUT2D eigenvalue weighted by Gasteiger charge is 2.24. The average Bonchev–Trinajstić information content (AvgIpc) is 2.61. The number of aromatic nitrogens is 3. The molecule has 17 heavy (non-hydrogen) atoms. The first-order valence-electron chi connectivity index (χ1n) is 5.64. The minimum absolute atomic E-state index is 0.468. The molecule has 0 atom stereocenters. The van der Waals surface area contributed by atoms with Crippen molar-refractivity contribution in [3.05, 3.63) is 35.1 Å². The summed E-state index contributed by atoms with van der Waals surface area (Å²) in [6.45, 7) is 3.96. The van der Waals surface area contributed by atoms with Gasteiger partial charge in [-0.1, -0.05) is 11.6 Å². The summed E-state index contributed by atoms with van der Waals surface area (Å²) in [7, 11) is 0. The van der Waals surface area contributed by atoms with Crippen LogP contribution in [0.5, 0.6) is 0 Å². The highest BCUT2D eigenvalue weighted by Crippen LogP contribution is 2.25. The largest absolute Gasteiger partial charge is 0.313 e. The highest BCUT2D eigenvalue weighted by atomic mass is 35.5. The molecular formula is C12H13ClN4. The SMILES string of the molecule is Cc1nnc(-c2ccc(Cl)cc2)n1C1CNC1. The first-order valence-corrected chi connectivity index (χ1v) is 6.01. The topological polar surface area (TPSA) is 42.7 Å². The quantitative estimate of drug-likeness (QED) is 0.885. The van der Waals surface area contributed by atoms with E-state index in [1.54, 1.807) is 0 Å². The normalized spacial score (nSPS) is 15.9. The van der Waals surface area contributed by atoms with Crippen LogP contribution < -0.4 is 5.32 Å². The first-order chi connectivity index (χ1) is 8.25. The van der Waals surface area contributed by atoms with Gasteiger partial charge in [-0.2, -0.15) is 0 Å². The van der Waals surface area contributed by atoms with Gasteiger partial charge in [-0.3, -0.25) is 0 Å². The summed E-state index contributed by atoms with van der Waals surface area (Å²) in [4.78, 5) is 0. The molecule has 0 unspecified atom stereocenters. The molecule has 1 aliphatic rings. The van der Waals surface area contributed by atoms with E-state index in [0.717, 1.165) is 35.3 Å². The number of benzene rings is 1. The second-order valence-corrected chi connectivity index (χ2v) is 4.70. The monoisotopic (exact) mass is 248 g/mol. The van der Waals surface area contributed by atoms with Crippen LogP contribution in [0.15, 0.2) is 24.3 Å². The van der Waals surface area contributed by atoms with Gasteiger partial charge >= 0.3 is 0 Å². The predicted molar refractivity (Wildman–Crippen MR) is 67.1 cm³/mol. The van der Waals surface area contributed by atoms with Crippen LogP contribution >= 0.6 is 11.6 Å². The molecule has 1 N–H and O–H groups in total. The van der Waals surface area contributed by atoms with Gasteiger partial charge in [0.2, 0.25) is 0 Å². The van der Waals surface area contributed by atoms with Crippen molar-refractivity contribution in [2.24, 2.45) is 0 Å². The molecule has 1 saturated heterocycles. The smallest absolute Gasteiger partial charge is 0.164 e. The van der Waals surface area contributed by atoms with Crippen LogP contribution in [0.3, 0.4) is 0 Å². The lowest BCUT2D eigenvalue weighted by molar-refractivity contribution is 0.340. The van der Waals surface area contributed by atoms with Crippen molar-refractivity contribution < 1.29 is 0 Å². The summed E-state index contributed by atoms with van der Waals surface area (Å²) in [6, 6.07) is 8.19.